The van der Waals surface area contributed by atoms with E-state index in [1.165, 1.54) is 6.33 Å². The molecule has 1 aromatic carbocycles. The standard InChI is InChI=1S/C17H11N7O2/c1-2-16(25-5-1)14-7-17(19-10-18-14)24-15-4-3-11(6-13(15)22-23-24)26-12-8-20-21-9-12/h1-10H,(H,20,21). The minimum atomic E-state index is 0.595. The summed E-state index contributed by atoms with van der Waals surface area (Å²) >= 11 is 0. The van der Waals surface area contributed by atoms with E-state index in [9.17, 15) is 0 Å². The molecule has 0 bridgehead atoms. The maximum absolute atomic E-state index is 5.70. The van der Waals surface area contributed by atoms with E-state index < -0.39 is 0 Å². The lowest BCUT2D eigenvalue weighted by Gasteiger charge is -2.04. The van der Waals surface area contributed by atoms with Crippen molar-refractivity contribution in [3.8, 4) is 28.8 Å². The summed E-state index contributed by atoms with van der Waals surface area (Å²) in [5.41, 5.74) is 2.15. The molecule has 0 atom stereocenters. The molecular weight excluding hydrogens is 334 g/mol. The first kappa shape index (κ1) is 14.3. The summed E-state index contributed by atoms with van der Waals surface area (Å²) in [6.45, 7) is 0. The van der Waals surface area contributed by atoms with E-state index in [4.69, 9.17) is 9.15 Å². The molecular formula is C17H11N7O2. The van der Waals surface area contributed by atoms with Crippen molar-refractivity contribution in [1.82, 2.24) is 35.2 Å². The molecule has 26 heavy (non-hydrogen) atoms. The number of nitrogens with one attached hydrogen (secondary N) is 1. The number of aromatic nitrogens is 7. The van der Waals surface area contributed by atoms with Crippen LogP contribution in [0.4, 0.5) is 0 Å². The van der Waals surface area contributed by atoms with Gasteiger partial charge in [-0.3, -0.25) is 5.10 Å². The molecule has 0 amide bonds. The Hall–Kier alpha value is -4.01. The molecule has 4 heterocycles. The van der Waals surface area contributed by atoms with Crippen LogP contribution in [0, 0.1) is 0 Å². The van der Waals surface area contributed by atoms with Crippen molar-refractivity contribution < 1.29 is 9.15 Å². The van der Waals surface area contributed by atoms with Crippen molar-refractivity contribution in [2.75, 3.05) is 0 Å². The zero-order valence-electron chi connectivity index (χ0n) is 13.3. The van der Waals surface area contributed by atoms with Gasteiger partial charge in [-0.15, -0.1) is 5.10 Å². The van der Waals surface area contributed by atoms with Crippen molar-refractivity contribution in [3.63, 3.8) is 0 Å². The highest BCUT2D eigenvalue weighted by Crippen LogP contribution is 2.25. The number of hydrogen-bond donors (Lipinski definition) is 1. The maximum atomic E-state index is 5.70. The normalized spacial score (nSPS) is 11.1. The second-order valence-electron chi connectivity index (χ2n) is 5.43. The molecule has 0 saturated carbocycles. The minimum Gasteiger partial charge on any atom is -0.463 e. The monoisotopic (exact) mass is 345 g/mol. The van der Waals surface area contributed by atoms with E-state index in [0.717, 1.165) is 5.52 Å². The zero-order chi connectivity index (χ0) is 17.3. The van der Waals surface area contributed by atoms with Crippen LogP contribution in [0.25, 0.3) is 28.3 Å². The highest BCUT2D eigenvalue weighted by atomic mass is 16.5. The molecule has 4 aromatic heterocycles. The first-order valence-corrected chi connectivity index (χ1v) is 7.75. The van der Waals surface area contributed by atoms with Crippen LogP contribution in [-0.2, 0) is 0 Å². The summed E-state index contributed by atoms with van der Waals surface area (Å²) in [7, 11) is 0. The predicted octanol–water partition coefficient (Wildman–Crippen LogP) is 2.99. The Labute approximate surface area is 146 Å². The molecule has 9 heteroatoms. The van der Waals surface area contributed by atoms with Gasteiger partial charge in [-0.05, 0) is 24.3 Å². The highest BCUT2D eigenvalue weighted by Gasteiger charge is 2.12. The van der Waals surface area contributed by atoms with Crippen LogP contribution in [0.15, 0.2) is 65.8 Å². The van der Waals surface area contributed by atoms with Gasteiger partial charge in [0.05, 0.1) is 24.2 Å². The van der Waals surface area contributed by atoms with E-state index in [1.807, 2.05) is 24.3 Å². The third-order valence-corrected chi connectivity index (χ3v) is 3.77. The van der Waals surface area contributed by atoms with E-state index in [0.29, 0.717) is 34.3 Å². The van der Waals surface area contributed by atoms with Crippen LogP contribution in [0.5, 0.6) is 11.5 Å². The molecule has 126 valence electrons. The van der Waals surface area contributed by atoms with Crippen LogP contribution in [0.2, 0.25) is 0 Å². The van der Waals surface area contributed by atoms with Gasteiger partial charge >= 0.3 is 0 Å². The average Bonchev–Trinajstić information content (AvgIpc) is 3.43. The smallest absolute Gasteiger partial charge is 0.165 e. The summed E-state index contributed by atoms with van der Waals surface area (Å²) in [5, 5.41) is 15.0. The number of ether oxygens (including phenoxy) is 1. The number of furan rings is 1. The van der Waals surface area contributed by atoms with Crippen molar-refractivity contribution in [2.24, 2.45) is 0 Å². The first-order chi connectivity index (χ1) is 12.9. The van der Waals surface area contributed by atoms with E-state index in [2.05, 4.69) is 30.5 Å². The van der Waals surface area contributed by atoms with Crippen LogP contribution >= 0.6 is 0 Å². The fraction of sp³-hybridized carbons (Fsp3) is 0. The number of aromatic amines is 1. The van der Waals surface area contributed by atoms with Crippen LogP contribution in [0.3, 0.4) is 0 Å². The van der Waals surface area contributed by atoms with Gasteiger partial charge in [0.2, 0.25) is 0 Å². The summed E-state index contributed by atoms with van der Waals surface area (Å²) in [5.74, 6) is 2.52. The Balaban J connectivity index is 1.53. The largest absolute Gasteiger partial charge is 0.463 e. The van der Waals surface area contributed by atoms with Gasteiger partial charge < -0.3 is 9.15 Å². The molecule has 0 fully saturated rings. The summed E-state index contributed by atoms with van der Waals surface area (Å²) in [4.78, 5) is 8.52. The summed E-state index contributed by atoms with van der Waals surface area (Å²) in [6, 6.07) is 11.0. The number of fused-ring (bicyclic) bond motifs is 1. The number of benzene rings is 1. The number of rotatable bonds is 4. The van der Waals surface area contributed by atoms with Crippen molar-refractivity contribution in [2.45, 2.75) is 0 Å². The molecule has 5 rings (SSSR count). The van der Waals surface area contributed by atoms with Gasteiger partial charge in [0, 0.05) is 12.1 Å². The highest BCUT2D eigenvalue weighted by molar-refractivity contribution is 5.77. The lowest BCUT2D eigenvalue weighted by molar-refractivity contribution is 0.483. The molecule has 0 radical (unpaired) electrons. The molecule has 0 aliphatic rings. The lowest BCUT2D eigenvalue weighted by atomic mass is 10.3. The lowest BCUT2D eigenvalue weighted by Crippen LogP contribution is -2.00. The Bertz CT molecular complexity index is 1160. The quantitative estimate of drug-likeness (QED) is 0.533. The molecule has 0 aliphatic heterocycles. The third kappa shape index (κ3) is 2.47. The second kappa shape index (κ2) is 5.81. The number of nitrogens with zero attached hydrogens (tertiary/aromatic N) is 6. The van der Waals surface area contributed by atoms with Crippen LogP contribution < -0.4 is 4.74 Å². The molecule has 5 aromatic rings. The van der Waals surface area contributed by atoms with Crippen molar-refractivity contribution >= 4 is 11.0 Å². The van der Waals surface area contributed by atoms with E-state index in [-0.39, 0.29) is 0 Å². The SMILES string of the molecule is c1coc(-c2cc(-n3nnc4cc(Oc5cn[nH]c5)ccc43)ncn2)c1. The topological polar surface area (TPSA) is 108 Å². The van der Waals surface area contributed by atoms with E-state index in [1.54, 1.807) is 35.5 Å². The molecule has 9 nitrogen and oxygen atoms in total. The Kier molecular flexibility index (Phi) is 3.21. The van der Waals surface area contributed by atoms with E-state index >= 15 is 0 Å². The second-order valence-corrected chi connectivity index (χ2v) is 5.43. The van der Waals surface area contributed by atoms with Crippen LogP contribution in [-0.4, -0.2) is 35.2 Å². The maximum Gasteiger partial charge on any atom is 0.165 e. The van der Waals surface area contributed by atoms with Gasteiger partial charge in [0.15, 0.2) is 17.3 Å². The predicted molar refractivity (Wildman–Crippen MR) is 90.8 cm³/mol. The summed E-state index contributed by atoms with van der Waals surface area (Å²) < 4.78 is 12.7. The van der Waals surface area contributed by atoms with Crippen molar-refractivity contribution in [3.05, 3.63) is 61.4 Å². The van der Waals surface area contributed by atoms with Gasteiger partial charge in [-0.1, -0.05) is 5.21 Å². The fourth-order valence-corrected chi connectivity index (χ4v) is 2.59. The van der Waals surface area contributed by atoms with Gasteiger partial charge in [0.1, 0.15) is 23.3 Å². The molecule has 0 aliphatic carbocycles. The Morgan fingerprint density at radius 2 is 2.08 bits per heavy atom. The summed E-state index contributed by atoms with van der Waals surface area (Å²) in [6.07, 6.45) is 6.33. The average molecular weight is 345 g/mol. The number of H-pyrrole nitrogens is 1. The van der Waals surface area contributed by atoms with Crippen LogP contribution in [0.1, 0.15) is 0 Å². The number of hydrogen-bond acceptors (Lipinski definition) is 7. The molecule has 1 N–H and O–H groups in total. The van der Waals surface area contributed by atoms with Crippen molar-refractivity contribution in [1.29, 1.82) is 0 Å². The molecule has 0 spiro atoms. The third-order valence-electron chi connectivity index (χ3n) is 3.77. The zero-order valence-corrected chi connectivity index (χ0v) is 13.3. The Morgan fingerprint density at radius 3 is 2.92 bits per heavy atom. The fourth-order valence-electron chi connectivity index (χ4n) is 2.59. The Morgan fingerprint density at radius 1 is 1.08 bits per heavy atom. The van der Waals surface area contributed by atoms with Gasteiger partial charge in [-0.2, -0.15) is 9.78 Å². The molecule has 0 saturated heterocycles. The molecule has 0 unspecified atom stereocenters. The minimum absolute atomic E-state index is 0.595. The van der Waals surface area contributed by atoms with Gasteiger partial charge in [-0.25, -0.2) is 9.97 Å². The van der Waals surface area contributed by atoms with Gasteiger partial charge in [0.25, 0.3) is 0 Å². The first-order valence-electron chi connectivity index (χ1n) is 7.75.